The number of aliphatic carboxylic acids is 1. The molecule has 5 N–H and O–H groups in total. The van der Waals surface area contributed by atoms with Crippen LogP contribution in [0.1, 0.15) is 31.4 Å². The number of alkyl halides is 6. The molecule has 1 aromatic heterocycles. The number of fused-ring (bicyclic) bond motifs is 1. The minimum absolute atomic E-state index is 0.00468. The lowest BCUT2D eigenvalue weighted by molar-refractivity contribution is -0.192. The van der Waals surface area contributed by atoms with Crippen LogP contribution in [0.5, 0.6) is 11.5 Å². The molecule has 17 heteroatoms. The normalized spacial score (nSPS) is 13.2. The molecule has 3 aromatic rings. The summed E-state index contributed by atoms with van der Waals surface area (Å²) in [5.41, 5.74) is -0.0552. The molecule has 1 aliphatic rings. The van der Waals surface area contributed by atoms with Crippen LogP contribution in [-0.2, 0) is 15.8 Å². The first kappa shape index (κ1) is 34.9. The Kier molecular flexibility index (Phi) is 10.9. The van der Waals surface area contributed by atoms with Gasteiger partial charge in [0.05, 0.1) is 28.3 Å². The van der Waals surface area contributed by atoms with Crippen LogP contribution in [0.25, 0.3) is 6.08 Å². The Balaban J connectivity index is 0.000000707. The van der Waals surface area contributed by atoms with E-state index in [0.717, 1.165) is 12.1 Å². The van der Waals surface area contributed by atoms with Gasteiger partial charge >= 0.3 is 18.3 Å². The molecular formula is C28H26ClF6N5O5. The van der Waals surface area contributed by atoms with Crippen molar-refractivity contribution in [2.45, 2.75) is 38.2 Å². The van der Waals surface area contributed by atoms with E-state index in [1.165, 1.54) is 24.5 Å². The van der Waals surface area contributed by atoms with E-state index in [1.807, 2.05) is 0 Å². The summed E-state index contributed by atoms with van der Waals surface area (Å²) in [6.45, 7) is 3.68. The van der Waals surface area contributed by atoms with Gasteiger partial charge in [0.15, 0.2) is 0 Å². The monoisotopic (exact) mass is 661 g/mol. The molecule has 10 nitrogen and oxygen atoms in total. The van der Waals surface area contributed by atoms with Gasteiger partial charge in [-0.2, -0.15) is 26.3 Å². The number of nitrogens with zero attached hydrogens (tertiary/aromatic N) is 2. The molecule has 0 atom stereocenters. The average Bonchev–Trinajstić information content (AvgIpc) is 3.17. The van der Waals surface area contributed by atoms with Gasteiger partial charge in [-0.3, -0.25) is 4.79 Å². The van der Waals surface area contributed by atoms with Crippen LogP contribution in [0.3, 0.4) is 0 Å². The fourth-order valence-corrected chi connectivity index (χ4v) is 3.82. The number of aliphatic hydroxyl groups is 1. The second-order valence-corrected chi connectivity index (χ2v) is 10.4. The van der Waals surface area contributed by atoms with Crippen LogP contribution >= 0.6 is 11.6 Å². The minimum atomic E-state index is -5.08. The van der Waals surface area contributed by atoms with Gasteiger partial charge in [-0.25, -0.2) is 14.8 Å². The van der Waals surface area contributed by atoms with Crippen molar-refractivity contribution in [2.75, 3.05) is 23.8 Å². The lowest BCUT2D eigenvalue weighted by Gasteiger charge is -2.24. The molecule has 0 fully saturated rings. The molecule has 0 unspecified atom stereocenters. The minimum Gasteiger partial charge on any atom is -0.475 e. The van der Waals surface area contributed by atoms with Crippen molar-refractivity contribution in [3.63, 3.8) is 0 Å². The molecule has 0 saturated heterocycles. The topological polar surface area (TPSA) is 146 Å². The van der Waals surface area contributed by atoms with Gasteiger partial charge in [0.25, 0.3) is 0 Å². The number of benzene rings is 2. The van der Waals surface area contributed by atoms with E-state index in [2.05, 4.69) is 25.9 Å². The summed E-state index contributed by atoms with van der Waals surface area (Å²) in [6, 6.07) is 9.21. The number of carbonyl (C=O) groups excluding carboxylic acids is 1. The first-order valence-electron chi connectivity index (χ1n) is 12.8. The fourth-order valence-electron chi connectivity index (χ4n) is 3.60. The Hall–Kier alpha value is -4.57. The highest BCUT2D eigenvalue weighted by atomic mass is 35.5. The maximum atomic E-state index is 13.0. The average molecular weight is 662 g/mol. The van der Waals surface area contributed by atoms with Gasteiger partial charge in [0, 0.05) is 17.8 Å². The van der Waals surface area contributed by atoms with Gasteiger partial charge in [-0.15, -0.1) is 0 Å². The zero-order valence-corrected chi connectivity index (χ0v) is 24.2. The summed E-state index contributed by atoms with van der Waals surface area (Å²) in [5.74, 6) is -1.97. The summed E-state index contributed by atoms with van der Waals surface area (Å²) in [7, 11) is 0. The van der Waals surface area contributed by atoms with Crippen LogP contribution in [0.4, 0.5) is 43.7 Å². The van der Waals surface area contributed by atoms with Crippen LogP contribution in [0, 0.1) is 0 Å². The molecule has 45 heavy (non-hydrogen) atoms. The van der Waals surface area contributed by atoms with E-state index in [0.29, 0.717) is 41.4 Å². The predicted octanol–water partition coefficient (Wildman–Crippen LogP) is 6.40. The summed E-state index contributed by atoms with van der Waals surface area (Å²) < 4.78 is 76.3. The first-order valence-corrected chi connectivity index (χ1v) is 13.2. The number of anilines is 3. The van der Waals surface area contributed by atoms with E-state index in [-0.39, 0.29) is 29.0 Å². The molecule has 0 saturated carbocycles. The maximum Gasteiger partial charge on any atom is 0.490 e. The van der Waals surface area contributed by atoms with E-state index in [9.17, 15) is 36.2 Å². The molecule has 4 rings (SSSR count). The highest BCUT2D eigenvalue weighted by Crippen LogP contribution is 2.36. The second-order valence-electron chi connectivity index (χ2n) is 10.0. The Bertz CT molecular complexity index is 1580. The number of hydrogen-bond acceptors (Lipinski definition) is 8. The molecule has 0 spiro atoms. The predicted molar refractivity (Wildman–Crippen MR) is 152 cm³/mol. The zero-order valence-electron chi connectivity index (χ0n) is 23.5. The van der Waals surface area contributed by atoms with Gasteiger partial charge in [0.1, 0.15) is 29.5 Å². The molecule has 1 amide bonds. The number of amides is 1. The third-order valence-corrected chi connectivity index (χ3v) is 6.15. The van der Waals surface area contributed by atoms with Crippen molar-refractivity contribution < 1.29 is 50.9 Å². The van der Waals surface area contributed by atoms with Crippen LogP contribution in [0.2, 0.25) is 5.02 Å². The molecule has 1 aliphatic heterocycles. The highest BCUT2D eigenvalue weighted by Gasteiger charge is 2.38. The van der Waals surface area contributed by atoms with E-state index in [4.69, 9.17) is 26.2 Å². The number of carboxylic acids is 1. The molecular weight excluding hydrogens is 636 g/mol. The fraction of sp³-hybridized carbons (Fsp3) is 0.286. The second kappa shape index (κ2) is 14.0. The number of halogens is 7. The van der Waals surface area contributed by atoms with Gasteiger partial charge in [-0.1, -0.05) is 17.7 Å². The van der Waals surface area contributed by atoms with E-state index >= 15 is 0 Å². The Labute approximate surface area is 257 Å². The number of carbonyl (C=O) groups is 2. The SMILES string of the molecule is CC(C)(CO)NC(=O)C1=Cc2c(ncnc2Nc2ccc(Oc3cccc(C(F)(F)F)c3)c(Cl)c2)NCC1.O=C(O)C(F)(F)F. The lowest BCUT2D eigenvalue weighted by atomic mass is 10.0. The number of nitrogens with one attached hydrogen (secondary N) is 3. The lowest BCUT2D eigenvalue weighted by Crippen LogP contribution is -2.46. The van der Waals surface area contributed by atoms with Crippen molar-refractivity contribution in [1.29, 1.82) is 0 Å². The quantitative estimate of drug-likeness (QED) is 0.182. The number of carboxylic acid groups (broad SMARTS) is 1. The highest BCUT2D eigenvalue weighted by molar-refractivity contribution is 6.32. The van der Waals surface area contributed by atoms with Gasteiger partial charge in [0.2, 0.25) is 5.91 Å². The molecule has 2 heterocycles. The summed E-state index contributed by atoms with van der Waals surface area (Å²) in [4.78, 5) is 30.3. The largest absolute Gasteiger partial charge is 0.490 e. The van der Waals surface area contributed by atoms with Crippen molar-refractivity contribution in [2.24, 2.45) is 0 Å². The number of rotatable bonds is 7. The summed E-state index contributed by atoms with van der Waals surface area (Å²) in [6.07, 6.45) is -6.09. The molecule has 0 radical (unpaired) electrons. The van der Waals surface area contributed by atoms with E-state index in [1.54, 1.807) is 32.1 Å². The van der Waals surface area contributed by atoms with Crippen molar-refractivity contribution in [3.05, 3.63) is 70.5 Å². The van der Waals surface area contributed by atoms with E-state index < -0.39 is 29.4 Å². The number of aliphatic hydroxyl groups excluding tert-OH is 1. The molecule has 0 aliphatic carbocycles. The maximum absolute atomic E-state index is 13.0. The third kappa shape index (κ3) is 9.97. The van der Waals surface area contributed by atoms with Gasteiger partial charge in [-0.05, 0) is 62.7 Å². The summed E-state index contributed by atoms with van der Waals surface area (Å²) >= 11 is 6.37. The van der Waals surface area contributed by atoms with Crippen LogP contribution in [0.15, 0.2) is 54.4 Å². The third-order valence-electron chi connectivity index (χ3n) is 5.85. The molecule has 242 valence electrons. The summed E-state index contributed by atoms with van der Waals surface area (Å²) in [5, 5.41) is 25.9. The number of aromatic nitrogens is 2. The standard InChI is InChI=1S/C26H25ClF3N5O3.C2HF3O2/c1-25(2,13-36)35-24(37)15-8-9-31-22-19(10-15)23(33-14-32-22)34-17-6-7-21(20(27)12-17)38-18-5-3-4-16(11-18)26(28,29)30;3-2(4,5)1(6)7/h3-7,10-12,14,36H,8-9,13H2,1-2H3,(H,35,37)(H2,31,32,33,34);(H,6,7). The van der Waals surface area contributed by atoms with Gasteiger partial charge < -0.3 is 30.9 Å². The number of ether oxygens (including phenoxy) is 1. The first-order chi connectivity index (χ1) is 20.9. The smallest absolute Gasteiger partial charge is 0.475 e. The Morgan fingerprint density at radius 2 is 1.76 bits per heavy atom. The number of hydrogen-bond donors (Lipinski definition) is 5. The van der Waals surface area contributed by atoms with Crippen LogP contribution < -0.4 is 20.7 Å². The van der Waals surface area contributed by atoms with Crippen molar-refractivity contribution >= 4 is 46.9 Å². The zero-order chi connectivity index (χ0) is 33.6. The Morgan fingerprint density at radius 3 is 2.36 bits per heavy atom. The van der Waals surface area contributed by atoms with Crippen molar-refractivity contribution in [1.82, 2.24) is 15.3 Å². The Morgan fingerprint density at radius 1 is 1.07 bits per heavy atom. The molecule has 2 aromatic carbocycles. The molecule has 0 bridgehead atoms. The van der Waals surface area contributed by atoms with Crippen LogP contribution in [-0.4, -0.2) is 56.9 Å². The van der Waals surface area contributed by atoms with Crippen molar-refractivity contribution in [3.8, 4) is 11.5 Å².